The number of ether oxygens (including phenoxy) is 1. The molecule has 0 aliphatic heterocycles. The molecule has 0 unspecified atom stereocenters. The first-order valence-corrected chi connectivity index (χ1v) is 11.9. The molecule has 0 saturated heterocycles. The molecule has 184 valence electrons. The Morgan fingerprint density at radius 2 is 1.69 bits per heavy atom. The minimum Gasteiger partial charge on any atom is -0.468 e. The van der Waals surface area contributed by atoms with E-state index in [1.165, 1.54) is 7.11 Å². The summed E-state index contributed by atoms with van der Waals surface area (Å²) in [6.07, 6.45) is 1.93. The monoisotopic (exact) mass is 481 g/mol. The predicted molar refractivity (Wildman–Crippen MR) is 144 cm³/mol. The maximum atomic E-state index is 14.0. The van der Waals surface area contributed by atoms with Gasteiger partial charge in [-0.15, -0.1) is 0 Å². The van der Waals surface area contributed by atoms with Crippen molar-refractivity contribution in [2.24, 2.45) is 11.1 Å². The minimum absolute atomic E-state index is 0.0914. The summed E-state index contributed by atoms with van der Waals surface area (Å²) in [5.74, 6) is -0.623. The van der Waals surface area contributed by atoms with Crippen molar-refractivity contribution in [3.63, 3.8) is 0 Å². The van der Waals surface area contributed by atoms with Crippen molar-refractivity contribution < 1.29 is 14.3 Å². The number of nitrogens with one attached hydrogen (secondary N) is 1. The number of aromatic nitrogens is 1. The van der Waals surface area contributed by atoms with Crippen LogP contribution in [0.15, 0.2) is 85.1 Å². The molecule has 1 heterocycles. The summed E-state index contributed by atoms with van der Waals surface area (Å²) in [5, 5.41) is 5.62. The number of pyridine rings is 1. The molecule has 0 fully saturated rings. The molecule has 6 nitrogen and oxygen atoms in total. The highest BCUT2D eigenvalue weighted by Crippen LogP contribution is 2.40. The zero-order chi connectivity index (χ0) is 25.7. The second-order valence-electron chi connectivity index (χ2n) is 9.48. The van der Waals surface area contributed by atoms with Crippen LogP contribution in [0.5, 0.6) is 0 Å². The molecule has 0 aliphatic rings. The van der Waals surface area contributed by atoms with Gasteiger partial charge in [-0.05, 0) is 41.0 Å². The first-order valence-electron chi connectivity index (χ1n) is 11.9. The summed E-state index contributed by atoms with van der Waals surface area (Å²) in [6, 6.07) is 24.8. The van der Waals surface area contributed by atoms with Gasteiger partial charge in [0, 0.05) is 28.4 Å². The quantitative estimate of drug-likeness (QED) is 0.238. The third-order valence-electron chi connectivity index (χ3n) is 6.40. The van der Waals surface area contributed by atoms with Crippen LogP contribution in [0.4, 0.5) is 5.69 Å². The lowest BCUT2D eigenvalue weighted by molar-refractivity contribution is -0.142. The summed E-state index contributed by atoms with van der Waals surface area (Å²) in [7, 11) is 1.30. The van der Waals surface area contributed by atoms with Gasteiger partial charge in [0.05, 0.1) is 19.3 Å². The van der Waals surface area contributed by atoms with Gasteiger partial charge in [-0.2, -0.15) is 0 Å². The largest absolute Gasteiger partial charge is 0.468 e. The standard InChI is InChI=1S/C30H31N3O3/c1-30(2,18-25(31)29(35)36-3)28(34)24-15-9-16-26(33-19-21-12-6-7-17-32-21)27(24)23-14-8-11-20-10-4-5-13-22(20)23/h4-17,25,33H,18-19,31H2,1-3H3/t25-/m0/s1. The highest BCUT2D eigenvalue weighted by molar-refractivity contribution is 6.11. The van der Waals surface area contributed by atoms with Crippen molar-refractivity contribution in [1.82, 2.24) is 4.98 Å². The van der Waals surface area contributed by atoms with Gasteiger partial charge < -0.3 is 15.8 Å². The number of carbonyl (C=O) groups is 2. The van der Waals surface area contributed by atoms with E-state index in [9.17, 15) is 9.59 Å². The van der Waals surface area contributed by atoms with Gasteiger partial charge in [0.15, 0.2) is 5.78 Å². The number of Topliss-reactive ketones (excluding diaryl/α,β-unsaturated/α-hetero) is 1. The third kappa shape index (κ3) is 5.29. The summed E-state index contributed by atoms with van der Waals surface area (Å²) < 4.78 is 4.79. The van der Waals surface area contributed by atoms with E-state index in [-0.39, 0.29) is 12.2 Å². The molecule has 1 aromatic heterocycles. The van der Waals surface area contributed by atoms with E-state index in [2.05, 4.69) is 28.5 Å². The zero-order valence-corrected chi connectivity index (χ0v) is 20.8. The molecule has 0 bridgehead atoms. The summed E-state index contributed by atoms with van der Waals surface area (Å²) in [6.45, 7) is 4.14. The highest BCUT2D eigenvalue weighted by Gasteiger charge is 2.35. The number of benzene rings is 3. The van der Waals surface area contributed by atoms with E-state index >= 15 is 0 Å². The summed E-state index contributed by atoms with van der Waals surface area (Å²) in [4.78, 5) is 30.4. The minimum atomic E-state index is -0.896. The van der Waals surface area contributed by atoms with Crippen LogP contribution in [0.1, 0.15) is 36.3 Å². The van der Waals surface area contributed by atoms with Gasteiger partial charge in [0.2, 0.25) is 0 Å². The molecule has 36 heavy (non-hydrogen) atoms. The van der Waals surface area contributed by atoms with Crippen molar-refractivity contribution in [1.29, 1.82) is 0 Å². The number of hydrogen-bond acceptors (Lipinski definition) is 6. The zero-order valence-electron chi connectivity index (χ0n) is 20.8. The van der Waals surface area contributed by atoms with Gasteiger partial charge in [-0.1, -0.05) is 74.5 Å². The first kappa shape index (κ1) is 25.1. The molecule has 3 aromatic carbocycles. The SMILES string of the molecule is COC(=O)[C@@H](N)CC(C)(C)C(=O)c1cccc(NCc2ccccn2)c1-c1cccc2ccccc12. The highest BCUT2D eigenvalue weighted by atomic mass is 16.5. The Kier molecular flexibility index (Phi) is 7.46. The van der Waals surface area contributed by atoms with Gasteiger partial charge in [0.1, 0.15) is 6.04 Å². The number of nitrogens with two attached hydrogens (primary N) is 1. The van der Waals surface area contributed by atoms with Crippen LogP contribution >= 0.6 is 0 Å². The Hall–Kier alpha value is -4.03. The lowest BCUT2D eigenvalue weighted by Gasteiger charge is -2.27. The number of anilines is 1. The van der Waals surface area contributed by atoms with Crippen LogP contribution in [0, 0.1) is 5.41 Å². The van der Waals surface area contributed by atoms with E-state index in [4.69, 9.17) is 10.5 Å². The Labute approximate surface area is 211 Å². The molecule has 4 aromatic rings. The molecule has 3 N–H and O–H groups in total. The van der Waals surface area contributed by atoms with Crippen LogP contribution in [-0.4, -0.2) is 29.9 Å². The normalized spacial score (nSPS) is 12.2. The maximum Gasteiger partial charge on any atom is 0.322 e. The van der Waals surface area contributed by atoms with E-state index in [1.807, 2.05) is 74.5 Å². The predicted octanol–water partition coefficient (Wildman–Crippen LogP) is 5.61. The fourth-order valence-corrected chi connectivity index (χ4v) is 4.55. The fourth-order valence-electron chi connectivity index (χ4n) is 4.55. The Balaban J connectivity index is 1.83. The maximum absolute atomic E-state index is 14.0. The molecular formula is C30H31N3O3. The number of nitrogens with zero attached hydrogens (tertiary/aromatic N) is 1. The van der Waals surface area contributed by atoms with E-state index in [0.717, 1.165) is 33.3 Å². The third-order valence-corrected chi connectivity index (χ3v) is 6.40. The average Bonchev–Trinajstić information content (AvgIpc) is 2.90. The smallest absolute Gasteiger partial charge is 0.322 e. The van der Waals surface area contributed by atoms with Crippen LogP contribution in [0.2, 0.25) is 0 Å². The van der Waals surface area contributed by atoms with Crippen LogP contribution in [0.25, 0.3) is 21.9 Å². The van der Waals surface area contributed by atoms with Crippen LogP contribution in [-0.2, 0) is 16.1 Å². The van der Waals surface area contributed by atoms with Crippen molar-refractivity contribution in [2.45, 2.75) is 32.9 Å². The van der Waals surface area contributed by atoms with Crippen LogP contribution in [0.3, 0.4) is 0 Å². The van der Waals surface area contributed by atoms with Gasteiger partial charge >= 0.3 is 5.97 Å². The van der Waals surface area contributed by atoms with Crippen molar-refractivity contribution in [3.05, 3.63) is 96.3 Å². The van der Waals surface area contributed by atoms with Gasteiger partial charge in [-0.3, -0.25) is 14.6 Å². The molecule has 0 saturated carbocycles. The molecule has 6 heteroatoms. The second kappa shape index (κ2) is 10.7. The molecule has 0 amide bonds. The van der Waals surface area contributed by atoms with E-state index in [1.54, 1.807) is 6.20 Å². The fraction of sp³-hybridized carbons (Fsp3) is 0.233. The van der Waals surface area contributed by atoms with Gasteiger partial charge in [0.25, 0.3) is 0 Å². The number of ketones is 1. The van der Waals surface area contributed by atoms with Crippen molar-refractivity contribution in [3.8, 4) is 11.1 Å². The first-order chi connectivity index (χ1) is 17.3. The van der Waals surface area contributed by atoms with Gasteiger partial charge in [-0.25, -0.2) is 0 Å². The number of methoxy groups -OCH3 is 1. The number of rotatable bonds is 9. The number of esters is 1. The number of fused-ring (bicyclic) bond motifs is 1. The van der Waals surface area contributed by atoms with Crippen molar-refractivity contribution >= 4 is 28.2 Å². The molecule has 0 spiro atoms. The Morgan fingerprint density at radius 1 is 0.972 bits per heavy atom. The van der Waals surface area contributed by atoms with Crippen LogP contribution < -0.4 is 11.1 Å². The molecule has 0 radical (unpaired) electrons. The number of carbonyl (C=O) groups excluding carboxylic acids is 2. The number of hydrogen-bond donors (Lipinski definition) is 2. The molecule has 1 atom stereocenters. The summed E-state index contributed by atoms with van der Waals surface area (Å²) >= 11 is 0. The summed E-state index contributed by atoms with van der Waals surface area (Å²) in [5.41, 5.74) is 9.21. The second-order valence-corrected chi connectivity index (χ2v) is 9.48. The Bertz CT molecular complexity index is 1380. The van der Waals surface area contributed by atoms with Crippen molar-refractivity contribution in [2.75, 3.05) is 12.4 Å². The Morgan fingerprint density at radius 3 is 2.44 bits per heavy atom. The lowest BCUT2D eigenvalue weighted by atomic mass is 9.76. The molecular weight excluding hydrogens is 450 g/mol. The molecule has 0 aliphatic carbocycles. The lowest BCUT2D eigenvalue weighted by Crippen LogP contribution is -2.39. The molecule has 4 rings (SSSR count). The average molecular weight is 482 g/mol. The van der Waals surface area contributed by atoms with E-state index in [0.29, 0.717) is 12.1 Å². The topological polar surface area (TPSA) is 94.3 Å². The van der Waals surface area contributed by atoms with E-state index < -0.39 is 17.4 Å².